The van der Waals surface area contributed by atoms with E-state index in [1.807, 2.05) is 54.0 Å². The summed E-state index contributed by atoms with van der Waals surface area (Å²) in [7, 11) is 1.66. The van der Waals surface area contributed by atoms with Crippen LogP contribution in [0.3, 0.4) is 0 Å². The van der Waals surface area contributed by atoms with Crippen LogP contribution >= 0.6 is 0 Å². The van der Waals surface area contributed by atoms with E-state index in [4.69, 9.17) is 10.5 Å². The maximum atomic E-state index is 6.00. The number of nitrogens with two attached hydrogens (primary N) is 1. The molecule has 0 saturated carbocycles. The smallest absolute Gasteiger partial charge is 0.160 e. The molecule has 3 aromatic rings. The molecule has 2 heterocycles. The molecule has 3 rings (SSSR count). The van der Waals surface area contributed by atoms with Crippen molar-refractivity contribution < 1.29 is 4.74 Å². The zero-order valence-corrected chi connectivity index (χ0v) is 10.9. The number of hydrogen-bond acceptors (Lipinski definition) is 3. The highest BCUT2D eigenvalue weighted by atomic mass is 16.5. The molecule has 2 aromatic heterocycles. The summed E-state index contributed by atoms with van der Waals surface area (Å²) in [5.41, 5.74) is 10.4. The minimum absolute atomic E-state index is 0.682. The standard InChI is InChI=1S/C15H15N3O/c1-10-7-12(16)15-17-13(9-18(15)8-10)11-5-3-4-6-14(11)19-2/h3-9H,16H2,1-2H3. The fraction of sp³-hybridized carbons (Fsp3) is 0.133. The van der Waals surface area contributed by atoms with Crippen LogP contribution in [-0.4, -0.2) is 16.5 Å². The molecule has 2 N–H and O–H groups in total. The predicted molar refractivity (Wildman–Crippen MR) is 76.3 cm³/mol. The van der Waals surface area contributed by atoms with E-state index in [9.17, 15) is 0 Å². The molecule has 19 heavy (non-hydrogen) atoms. The Labute approximate surface area is 111 Å². The minimum Gasteiger partial charge on any atom is -0.496 e. The third-order valence-corrected chi connectivity index (χ3v) is 3.10. The van der Waals surface area contributed by atoms with Gasteiger partial charge in [0.2, 0.25) is 0 Å². The van der Waals surface area contributed by atoms with E-state index in [2.05, 4.69) is 4.98 Å². The van der Waals surface area contributed by atoms with Crippen molar-refractivity contribution in [3.63, 3.8) is 0 Å². The lowest BCUT2D eigenvalue weighted by Gasteiger charge is -2.04. The first-order valence-electron chi connectivity index (χ1n) is 6.07. The number of imidazole rings is 1. The first kappa shape index (κ1) is 11.6. The molecule has 0 atom stereocenters. The molecule has 4 heteroatoms. The van der Waals surface area contributed by atoms with Crippen molar-refractivity contribution in [2.75, 3.05) is 12.8 Å². The number of ether oxygens (including phenoxy) is 1. The van der Waals surface area contributed by atoms with Gasteiger partial charge in [-0.3, -0.25) is 0 Å². The van der Waals surface area contributed by atoms with Gasteiger partial charge >= 0.3 is 0 Å². The number of methoxy groups -OCH3 is 1. The van der Waals surface area contributed by atoms with E-state index in [0.717, 1.165) is 28.2 Å². The number of hydrogen-bond donors (Lipinski definition) is 1. The molecule has 0 amide bonds. The van der Waals surface area contributed by atoms with Crippen molar-refractivity contribution in [1.29, 1.82) is 0 Å². The molecule has 0 saturated heterocycles. The molecule has 0 aliphatic rings. The Morgan fingerprint density at radius 2 is 2.00 bits per heavy atom. The number of anilines is 1. The number of para-hydroxylation sites is 1. The molecule has 1 aromatic carbocycles. The van der Waals surface area contributed by atoms with E-state index < -0.39 is 0 Å². The van der Waals surface area contributed by atoms with Gasteiger partial charge in [0.25, 0.3) is 0 Å². The summed E-state index contributed by atoms with van der Waals surface area (Å²) in [5, 5.41) is 0. The molecule has 0 unspecified atom stereocenters. The minimum atomic E-state index is 0.682. The molecule has 0 fully saturated rings. The van der Waals surface area contributed by atoms with Crippen molar-refractivity contribution in [1.82, 2.24) is 9.38 Å². The van der Waals surface area contributed by atoms with Crippen LogP contribution in [0.15, 0.2) is 42.7 Å². The molecular formula is C15H15N3O. The van der Waals surface area contributed by atoms with E-state index in [0.29, 0.717) is 5.69 Å². The third kappa shape index (κ3) is 1.91. The Balaban J connectivity index is 2.23. The highest BCUT2D eigenvalue weighted by molar-refractivity contribution is 5.74. The van der Waals surface area contributed by atoms with Crippen LogP contribution in [0.1, 0.15) is 5.56 Å². The topological polar surface area (TPSA) is 52.5 Å². The van der Waals surface area contributed by atoms with E-state index >= 15 is 0 Å². The van der Waals surface area contributed by atoms with Gasteiger partial charge in [-0.15, -0.1) is 0 Å². The van der Waals surface area contributed by atoms with Crippen LogP contribution in [0.4, 0.5) is 5.69 Å². The lowest BCUT2D eigenvalue weighted by Crippen LogP contribution is -1.93. The molecule has 0 spiro atoms. The number of nitrogens with zero attached hydrogens (tertiary/aromatic N) is 2. The summed E-state index contributed by atoms with van der Waals surface area (Å²) >= 11 is 0. The van der Waals surface area contributed by atoms with Gasteiger partial charge in [0.05, 0.1) is 18.5 Å². The molecule has 96 valence electrons. The van der Waals surface area contributed by atoms with Crippen molar-refractivity contribution in [3.05, 3.63) is 48.3 Å². The van der Waals surface area contributed by atoms with E-state index in [-0.39, 0.29) is 0 Å². The quantitative estimate of drug-likeness (QED) is 0.764. The van der Waals surface area contributed by atoms with Gasteiger partial charge in [0.15, 0.2) is 5.65 Å². The maximum Gasteiger partial charge on any atom is 0.160 e. The van der Waals surface area contributed by atoms with Crippen LogP contribution < -0.4 is 10.5 Å². The Morgan fingerprint density at radius 3 is 2.79 bits per heavy atom. The molecule has 0 bridgehead atoms. The van der Waals surface area contributed by atoms with Crippen molar-refractivity contribution >= 4 is 11.3 Å². The number of pyridine rings is 1. The number of aromatic nitrogens is 2. The number of benzene rings is 1. The summed E-state index contributed by atoms with van der Waals surface area (Å²) in [4.78, 5) is 4.59. The Hall–Kier alpha value is -2.49. The van der Waals surface area contributed by atoms with Gasteiger partial charge in [-0.25, -0.2) is 4.98 Å². The SMILES string of the molecule is COc1ccccc1-c1cn2cc(C)cc(N)c2n1. The highest BCUT2D eigenvalue weighted by Gasteiger charge is 2.10. The second kappa shape index (κ2) is 4.31. The van der Waals surface area contributed by atoms with Crippen molar-refractivity contribution in [3.8, 4) is 17.0 Å². The van der Waals surface area contributed by atoms with Gasteiger partial charge in [-0.2, -0.15) is 0 Å². The fourth-order valence-electron chi connectivity index (χ4n) is 2.26. The van der Waals surface area contributed by atoms with Gasteiger partial charge < -0.3 is 14.9 Å². The van der Waals surface area contributed by atoms with Crippen LogP contribution in [0.25, 0.3) is 16.9 Å². The number of fused-ring (bicyclic) bond motifs is 1. The van der Waals surface area contributed by atoms with Crippen LogP contribution in [0.5, 0.6) is 5.75 Å². The average Bonchev–Trinajstić information content (AvgIpc) is 2.82. The molecule has 0 radical (unpaired) electrons. The van der Waals surface area contributed by atoms with Crippen LogP contribution in [-0.2, 0) is 0 Å². The van der Waals surface area contributed by atoms with Crippen molar-refractivity contribution in [2.24, 2.45) is 0 Å². The summed E-state index contributed by atoms with van der Waals surface area (Å²) in [5.74, 6) is 0.807. The Kier molecular flexibility index (Phi) is 2.63. The predicted octanol–water partition coefficient (Wildman–Crippen LogP) is 2.90. The fourth-order valence-corrected chi connectivity index (χ4v) is 2.26. The highest BCUT2D eigenvalue weighted by Crippen LogP contribution is 2.30. The lowest BCUT2D eigenvalue weighted by atomic mass is 10.1. The molecule has 0 aliphatic carbocycles. The van der Waals surface area contributed by atoms with Crippen LogP contribution in [0.2, 0.25) is 0 Å². The number of aryl methyl sites for hydroxylation is 1. The Morgan fingerprint density at radius 1 is 1.21 bits per heavy atom. The van der Waals surface area contributed by atoms with Gasteiger partial charge in [-0.05, 0) is 30.7 Å². The summed E-state index contributed by atoms with van der Waals surface area (Å²) in [6, 6.07) is 9.75. The summed E-state index contributed by atoms with van der Waals surface area (Å²) in [6.45, 7) is 2.01. The second-order valence-electron chi connectivity index (χ2n) is 4.53. The summed E-state index contributed by atoms with van der Waals surface area (Å²) in [6.07, 6.45) is 3.98. The average molecular weight is 253 g/mol. The second-order valence-corrected chi connectivity index (χ2v) is 4.53. The zero-order chi connectivity index (χ0) is 13.4. The largest absolute Gasteiger partial charge is 0.496 e. The van der Waals surface area contributed by atoms with Crippen LogP contribution in [0, 0.1) is 6.92 Å². The Bertz CT molecular complexity index is 746. The normalized spacial score (nSPS) is 10.8. The van der Waals surface area contributed by atoms with Gasteiger partial charge in [0, 0.05) is 18.0 Å². The third-order valence-electron chi connectivity index (χ3n) is 3.10. The zero-order valence-electron chi connectivity index (χ0n) is 10.9. The van der Waals surface area contributed by atoms with Gasteiger partial charge in [0.1, 0.15) is 5.75 Å². The summed E-state index contributed by atoms with van der Waals surface area (Å²) < 4.78 is 7.32. The van der Waals surface area contributed by atoms with Crippen molar-refractivity contribution in [2.45, 2.75) is 6.92 Å². The number of nitrogen functional groups attached to an aromatic ring is 1. The van der Waals surface area contributed by atoms with E-state index in [1.165, 1.54) is 0 Å². The first-order valence-corrected chi connectivity index (χ1v) is 6.07. The molecule has 4 nitrogen and oxygen atoms in total. The lowest BCUT2D eigenvalue weighted by molar-refractivity contribution is 0.416. The monoisotopic (exact) mass is 253 g/mol. The number of rotatable bonds is 2. The maximum absolute atomic E-state index is 6.00. The van der Waals surface area contributed by atoms with E-state index in [1.54, 1.807) is 7.11 Å². The van der Waals surface area contributed by atoms with Gasteiger partial charge in [-0.1, -0.05) is 12.1 Å². The molecule has 0 aliphatic heterocycles. The molecular weight excluding hydrogens is 238 g/mol. The first-order chi connectivity index (χ1) is 9.19.